The average Bonchev–Trinajstić information content (AvgIpc) is 2.50. The number of hydrogen-bond acceptors (Lipinski definition) is 3. The molecule has 92 valence electrons. The van der Waals surface area contributed by atoms with Crippen molar-refractivity contribution in [1.82, 2.24) is 0 Å². The van der Waals surface area contributed by atoms with Crippen LogP contribution < -0.4 is 0 Å². The van der Waals surface area contributed by atoms with E-state index in [0.717, 1.165) is 11.3 Å². The van der Waals surface area contributed by atoms with Crippen molar-refractivity contribution in [3.8, 4) is 0 Å². The summed E-state index contributed by atoms with van der Waals surface area (Å²) in [5.74, 6) is 0. The number of benzene rings is 1. The highest BCUT2D eigenvalue weighted by Gasteiger charge is 2.38. The Morgan fingerprint density at radius 1 is 1.35 bits per heavy atom. The molecule has 0 amide bonds. The van der Waals surface area contributed by atoms with Crippen LogP contribution in [0.2, 0.25) is 10.0 Å². The van der Waals surface area contributed by atoms with Gasteiger partial charge in [-0.1, -0.05) is 34.4 Å². The Morgan fingerprint density at radius 3 is 2.41 bits per heavy atom. The summed E-state index contributed by atoms with van der Waals surface area (Å²) in [5, 5.41) is 5.31. The number of hydrogen-bond donors (Lipinski definition) is 1. The minimum Gasteiger partial charge on any atom is -0.388 e. The average molecular weight is 290 g/mol. The number of oxime groups is 1. The quantitative estimate of drug-likeness (QED) is 0.817. The Bertz CT molecular complexity index is 453. The molecule has 0 aliphatic carbocycles. The van der Waals surface area contributed by atoms with E-state index in [0.29, 0.717) is 16.5 Å². The molecule has 1 atom stereocenters. The summed E-state index contributed by atoms with van der Waals surface area (Å²) < 4.78 is 0. The number of rotatable bonds is 2. The molecule has 0 bridgehead atoms. The second-order valence-corrected chi connectivity index (χ2v) is 5.89. The molecule has 17 heavy (non-hydrogen) atoms. The third kappa shape index (κ3) is 2.56. The van der Waals surface area contributed by atoms with Gasteiger partial charge in [-0.2, -0.15) is 12.6 Å². The van der Waals surface area contributed by atoms with Gasteiger partial charge >= 0.3 is 0 Å². The van der Waals surface area contributed by atoms with E-state index in [4.69, 9.17) is 28.0 Å². The van der Waals surface area contributed by atoms with Gasteiger partial charge < -0.3 is 4.84 Å². The molecule has 0 aromatic heterocycles. The summed E-state index contributed by atoms with van der Waals surface area (Å²) >= 11 is 16.8. The highest BCUT2D eigenvalue weighted by Crippen LogP contribution is 2.32. The molecule has 0 radical (unpaired) electrons. The van der Waals surface area contributed by atoms with Crippen LogP contribution in [0.5, 0.6) is 0 Å². The van der Waals surface area contributed by atoms with Crippen LogP contribution in [0.3, 0.4) is 0 Å². The zero-order chi connectivity index (χ0) is 12.6. The van der Waals surface area contributed by atoms with Gasteiger partial charge in [-0.3, -0.25) is 0 Å². The fourth-order valence-electron chi connectivity index (χ4n) is 1.69. The van der Waals surface area contributed by atoms with Crippen LogP contribution in [-0.4, -0.2) is 16.6 Å². The van der Waals surface area contributed by atoms with Gasteiger partial charge in [-0.05, 0) is 31.5 Å². The lowest BCUT2D eigenvalue weighted by atomic mass is 9.97. The van der Waals surface area contributed by atoms with Gasteiger partial charge in [0.25, 0.3) is 0 Å². The lowest BCUT2D eigenvalue weighted by Crippen LogP contribution is -2.34. The molecular formula is C12H13Cl2NOS. The van der Waals surface area contributed by atoms with Crippen LogP contribution in [0.4, 0.5) is 0 Å². The monoisotopic (exact) mass is 289 g/mol. The molecule has 2 rings (SSSR count). The molecule has 1 aromatic carbocycles. The van der Waals surface area contributed by atoms with Crippen molar-refractivity contribution in [1.29, 1.82) is 0 Å². The minimum atomic E-state index is -0.383. The summed E-state index contributed by atoms with van der Waals surface area (Å²) in [6, 6.07) is 5.46. The first-order valence-corrected chi connectivity index (χ1v) is 6.55. The normalized spacial score (nSPS) is 22.2. The van der Waals surface area contributed by atoms with Gasteiger partial charge in [-0.25, -0.2) is 0 Å². The molecule has 0 fully saturated rings. The maximum absolute atomic E-state index is 6.12. The minimum absolute atomic E-state index is 0.0464. The van der Waals surface area contributed by atoms with Crippen LogP contribution in [0.25, 0.3) is 0 Å². The lowest BCUT2D eigenvalue weighted by molar-refractivity contribution is 0.0157. The fourth-order valence-corrected chi connectivity index (χ4v) is 2.41. The first-order chi connectivity index (χ1) is 7.92. The molecule has 0 N–H and O–H groups in total. The van der Waals surface area contributed by atoms with E-state index in [9.17, 15) is 0 Å². The zero-order valence-corrected chi connectivity index (χ0v) is 12.0. The van der Waals surface area contributed by atoms with Crippen molar-refractivity contribution in [2.24, 2.45) is 5.16 Å². The van der Waals surface area contributed by atoms with Crippen molar-refractivity contribution in [2.75, 3.05) is 0 Å². The van der Waals surface area contributed by atoms with Gasteiger partial charge in [0, 0.05) is 16.5 Å². The van der Waals surface area contributed by atoms with Crippen molar-refractivity contribution < 1.29 is 4.84 Å². The summed E-state index contributed by atoms with van der Waals surface area (Å²) in [6.45, 7) is 3.91. The third-order valence-electron chi connectivity index (χ3n) is 2.79. The predicted molar refractivity (Wildman–Crippen MR) is 75.5 cm³/mol. The van der Waals surface area contributed by atoms with Gasteiger partial charge in [0.1, 0.15) is 5.60 Å². The van der Waals surface area contributed by atoms with Crippen molar-refractivity contribution in [3.63, 3.8) is 0 Å². The predicted octanol–water partition coefficient (Wildman–Crippen LogP) is 4.00. The SMILES string of the molecule is CC1(C)ON=C(Cc2c(Cl)cccc2Cl)C1S. The zero-order valence-electron chi connectivity index (χ0n) is 9.58. The Kier molecular flexibility index (Phi) is 3.62. The topological polar surface area (TPSA) is 21.6 Å². The summed E-state index contributed by atoms with van der Waals surface area (Å²) in [4.78, 5) is 5.34. The summed E-state index contributed by atoms with van der Waals surface area (Å²) in [5.41, 5.74) is 1.34. The standard InChI is InChI=1S/C12H13Cl2NOS/c1-12(2)11(17)10(15-16-12)6-7-8(13)4-3-5-9(7)14/h3-5,11,17H,6H2,1-2H3. The Morgan fingerprint density at radius 2 is 1.94 bits per heavy atom. The summed E-state index contributed by atoms with van der Waals surface area (Å²) in [6.07, 6.45) is 0.566. The molecule has 1 heterocycles. The Hall–Kier alpha value is -0.380. The lowest BCUT2D eigenvalue weighted by Gasteiger charge is -2.20. The number of nitrogens with zero attached hydrogens (tertiary/aromatic N) is 1. The van der Waals surface area contributed by atoms with E-state index in [1.807, 2.05) is 32.0 Å². The van der Waals surface area contributed by atoms with Gasteiger partial charge in [-0.15, -0.1) is 0 Å². The van der Waals surface area contributed by atoms with Crippen molar-refractivity contribution >= 4 is 41.5 Å². The maximum atomic E-state index is 6.12. The van der Waals surface area contributed by atoms with Gasteiger partial charge in [0.2, 0.25) is 0 Å². The first-order valence-electron chi connectivity index (χ1n) is 5.27. The maximum Gasteiger partial charge on any atom is 0.149 e. The van der Waals surface area contributed by atoms with Crippen LogP contribution in [-0.2, 0) is 11.3 Å². The van der Waals surface area contributed by atoms with E-state index >= 15 is 0 Å². The molecule has 0 saturated carbocycles. The molecule has 1 aliphatic heterocycles. The third-order valence-corrected chi connectivity index (χ3v) is 4.42. The summed E-state index contributed by atoms with van der Waals surface area (Å²) in [7, 11) is 0. The fraction of sp³-hybridized carbons (Fsp3) is 0.417. The van der Waals surface area contributed by atoms with Crippen molar-refractivity contribution in [3.05, 3.63) is 33.8 Å². The highest BCUT2D eigenvalue weighted by atomic mass is 35.5. The Labute approximate surface area is 116 Å². The first kappa shape index (κ1) is 13.1. The Balaban J connectivity index is 2.24. The molecule has 1 aliphatic rings. The molecule has 1 unspecified atom stereocenters. The molecule has 0 spiro atoms. The van der Waals surface area contributed by atoms with E-state index < -0.39 is 0 Å². The van der Waals surface area contributed by atoms with E-state index in [-0.39, 0.29) is 10.9 Å². The van der Waals surface area contributed by atoms with E-state index in [1.165, 1.54) is 0 Å². The highest BCUT2D eigenvalue weighted by molar-refractivity contribution is 7.82. The van der Waals surface area contributed by atoms with E-state index in [2.05, 4.69) is 17.8 Å². The smallest absolute Gasteiger partial charge is 0.149 e. The van der Waals surface area contributed by atoms with Crippen molar-refractivity contribution in [2.45, 2.75) is 31.1 Å². The molecule has 0 saturated heterocycles. The largest absolute Gasteiger partial charge is 0.388 e. The second kappa shape index (κ2) is 4.71. The molecule has 1 aromatic rings. The van der Waals surface area contributed by atoms with Crippen LogP contribution >= 0.6 is 35.8 Å². The van der Waals surface area contributed by atoms with E-state index in [1.54, 1.807) is 0 Å². The molecular weight excluding hydrogens is 277 g/mol. The second-order valence-electron chi connectivity index (χ2n) is 4.56. The van der Waals surface area contributed by atoms with Crippen LogP contribution in [0.1, 0.15) is 19.4 Å². The van der Waals surface area contributed by atoms with Gasteiger partial charge in [0.05, 0.1) is 11.0 Å². The number of halogens is 2. The number of thiol groups is 1. The van der Waals surface area contributed by atoms with Gasteiger partial charge in [0.15, 0.2) is 0 Å². The van der Waals surface area contributed by atoms with Crippen LogP contribution in [0, 0.1) is 0 Å². The molecule has 2 nitrogen and oxygen atoms in total. The van der Waals surface area contributed by atoms with Crippen LogP contribution in [0.15, 0.2) is 23.4 Å². The molecule has 5 heteroatoms.